The van der Waals surface area contributed by atoms with Gasteiger partial charge in [0.1, 0.15) is 0 Å². The predicted octanol–water partition coefficient (Wildman–Crippen LogP) is 0.559. The second-order valence-electron chi connectivity index (χ2n) is 4.07. The lowest BCUT2D eigenvalue weighted by Gasteiger charge is -2.26. The molecule has 14 heavy (non-hydrogen) atoms. The normalized spacial score (nSPS) is 32.3. The number of aliphatic hydroxyl groups excluding tert-OH is 1. The Bertz CT molecular complexity index is 280. The van der Waals surface area contributed by atoms with E-state index in [4.69, 9.17) is 0 Å². The third-order valence-corrected chi connectivity index (χ3v) is 3.31. The fraction of sp³-hybridized carbons (Fsp3) is 0.700. The van der Waals surface area contributed by atoms with Crippen molar-refractivity contribution in [1.29, 1.82) is 0 Å². The van der Waals surface area contributed by atoms with Gasteiger partial charge in [0.25, 0.3) is 0 Å². The Labute approximate surface area is 83.9 Å². The third-order valence-electron chi connectivity index (χ3n) is 3.31. The van der Waals surface area contributed by atoms with E-state index in [1.807, 2.05) is 24.0 Å². The number of nitrogens with one attached hydrogen (secondary N) is 1. The molecule has 1 aliphatic carbocycles. The molecule has 1 aromatic heterocycles. The average Bonchev–Trinajstić information content (AvgIpc) is 2.87. The Kier molecular flexibility index (Phi) is 2.56. The second-order valence-corrected chi connectivity index (χ2v) is 4.07. The maximum atomic E-state index is 9.34. The van der Waals surface area contributed by atoms with Gasteiger partial charge in [-0.2, -0.15) is 5.10 Å². The predicted molar refractivity (Wildman–Crippen MR) is 54.0 cm³/mol. The number of likely N-dealkylation sites (N-methyl/N-ethyl adjacent to an activating group) is 1. The van der Waals surface area contributed by atoms with E-state index in [1.165, 1.54) is 0 Å². The topological polar surface area (TPSA) is 50.1 Å². The molecule has 2 rings (SSSR count). The number of rotatable bonds is 3. The Balaban J connectivity index is 2.07. The van der Waals surface area contributed by atoms with E-state index in [0.717, 1.165) is 19.3 Å². The van der Waals surface area contributed by atoms with Gasteiger partial charge in [0, 0.05) is 17.9 Å². The van der Waals surface area contributed by atoms with Crippen LogP contribution in [0.1, 0.15) is 25.3 Å². The summed E-state index contributed by atoms with van der Waals surface area (Å²) in [7, 11) is 1.92. The summed E-state index contributed by atoms with van der Waals surface area (Å²) in [6, 6.07) is 2.38. The van der Waals surface area contributed by atoms with Crippen molar-refractivity contribution < 1.29 is 5.11 Å². The summed E-state index contributed by atoms with van der Waals surface area (Å²) in [5.41, 5.74) is -0.0867. The molecule has 1 fully saturated rings. The van der Waals surface area contributed by atoms with Crippen LogP contribution < -0.4 is 5.32 Å². The molecule has 0 aliphatic heterocycles. The van der Waals surface area contributed by atoms with Crippen LogP contribution in [0, 0.1) is 0 Å². The molecule has 1 aliphatic rings. The SMILES string of the molecule is CNC1(CO)CCC(n2cccn2)C1. The second kappa shape index (κ2) is 3.71. The van der Waals surface area contributed by atoms with Crippen molar-refractivity contribution in [1.82, 2.24) is 15.1 Å². The van der Waals surface area contributed by atoms with Crippen molar-refractivity contribution >= 4 is 0 Å². The zero-order valence-electron chi connectivity index (χ0n) is 8.48. The standard InChI is InChI=1S/C10H17N3O/c1-11-10(8-14)4-3-9(7-10)13-6-2-5-12-13/h2,5-6,9,11,14H,3-4,7-8H2,1H3. The Morgan fingerprint density at radius 3 is 3.07 bits per heavy atom. The van der Waals surface area contributed by atoms with Crippen LogP contribution >= 0.6 is 0 Å². The van der Waals surface area contributed by atoms with Crippen LogP contribution in [0.2, 0.25) is 0 Å². The van der Waals surface area contributed by atoms with Gasteiger partial charge in [-0.25, -0.2) is 0 Å². The van der Waals surface area contributed by atoms with Gasteiger partial charge in [0.05, 0.1) is 12.6 Å². The van der Waals surface area contributed by atoms with Crippen molar-refractivity contribution in [2.75, 3.05) is 13.7 Å². The molecule has 0 radical (unpaired) electrons. The first-order chi connectivity index (χ1) is 6.79. The van der Waals surface area contributed by atoms with Crippen LogP contribution in [0.5, 0.6) is 0 Å². The van der Waals surface area contributed by atoms with E-state index in [0.29, 0.717) is 6.04 Å². The summed E-state index contributed by atoms with van der Waals surface area (Å²) in [6.07, 6.45) is 6.86. The van der Waals surface area contributed by atoms with Crippen molar-refractivity contribution in [2.45, 2.75) is 30.8 Å². The van der Waals surface area contributed by atoms with E-state index < -0.39 is 0 Å². The van der Waals surface area contributed by atoms with Crippen LogP contribution in [0.3, 0.4) is 0 Å². The highest BCUT2D eigenvalue weighted by atomic mass is 16.3. The third kappa shape index (κ3) is 1.55. The summed E-state index contributed by atoms with van der Waals surface area (Å²) in [5.74, 6) is 0. The Hall–Kier alpha value is -0.870. The molecule has 4 heteroatoms. The molecule has 1 saturated carbocycles. The van der Waals surface area contributed by atoms with Crippen LogP contribution in [0.4, 0.5) is 0 Å². The molecule has 4 nitrogen and oxygen atoms in total. The fourth-order valence-corrected chi connectivity index (χ4v) is 2.27. The van der Waals surface area contributed by atoms with Crippen LogP contribution in [0.25, 0.3) is 0 Å². The van der Waals surface area contributed by atoms with Crippen molar-refractivity contribution in [3.05, 3.63) is 18.5 Å². The van der Waals surface area contributed by atoms with Gasteiger partial charge in [-0.3, -0.25) is 4.68 Å². The highest BCUT2D eigenvalue weighted by Crippen LogP contribution is 2.36. The number of hydrogen-bond donors (Lipinski definition) is 2. The molecule has 78 valence electrons. The molecule has 2 unspecified atom stereocenters. The van der Waals surface area contributed by atoms with E-state index in [2.05, 4.69) is 10.4 Å². The van der Waals surface area contributed by atoms with Gasteiger partial charge in [-0.05, 0) is 32.4 Å². The van der Waals surface area contributed by atoms with Gasteiger partial charge in [-0.15, -0.1) is 0 Å². The van der Waals surface area contributed by atoms with Gasteiger partial charge in [0.2, 0.25) is 0 Å². The van der Waals surface area contributed by atoms with E-state index in [9.17, 15) is 5.11 Å². The quantitative estimate of drug-likeness (QED) is 0.741. The molecule has 1 heterocycles. The molecule has 0 amide bonds. The summed E-state index contributed by atoms with van der Waals surface area (Å²) < 4.78 is 1.99. The minimum atomic E-state index is -0.0867. The minimum Gasteiger partial charge on any atom is -0.394 e. The molecule has 2 atom stereocenters. The largest absolute Gasteiger partial charge is 0.394 e. The number of nitrogens with zero attached hydrogens (tertiary/aromatic N) is 2. The van der Waals surface area contributed by atoms with Crippen molar-refractivity contribution in [3.63, 3.8) is 0 Å². The Morgan fingerprint density at radius 1 is 1.71 bits per heavy atom. The molecule has 0 saturated heterocycles. The van der Waals surface area contributed by atoms with Gasteiger partial charge >= 0.3 is 0 Å². The minimum absolute atomic E-state index is 0.0867. The summed E-state index contributed by atoms with van der Waals surface area (Å²) in [5, 5.41) is 16.8. The monoisotopic (exact) mass is 195 g/mol. The lowest BCUT2D eigenvalue weighted by Crippen LogP contribution is -2.44. The first kappa shape index (κ1) is 9.68. The fourth-order valence-electron chi connectivity index (χ4n) is 2.27. The highest BCUT2D eigenvalue weighted by molar-refractivity contribution is 4.98. The summed E-state index contributed by atoms with van der Waals surface area (Å²) in [6.45, 7) is 0.210. The van der Waals surface area contributed by atoms with Crippen LogP contribution in [0.15, 0.2) is 18.5 Å². The van der Waals surface area contributed by atoms with Gasteiger partial charge in [-0.1, -0.05) is 0 Å². The maximum Gasteiger partial charge on any atom is 0.0614 e. The molecule has 2 N–H and O–H groups in total. The lowest BCUT2D eigenvalue weighted by atomic mass is 9.99. The molecule has 1 aromatic rings. The summed E-state index contributed by atoms with van der Waals surface area (Å²) >= 11 is 0. The lowest BCUT2D eigenvalue weighted by molar-refractivity contribution is 0.168. The Morgan fingerprint density at radius 2 is 2.57 bits per heavy atom. The van der Waals surface area contributed by atoms with E-state index >= 15 is 0 Å². The van der Waals surface area contributed by atoms with Crippen LogP contribution in [-0.2, 0) is 0 Å². The van der Waals surface area contributed by atoms with Crippen LogP contribution in [-0.4, -0.2) is 34.1 Å². The average molecular weight is 195 g/mol. The zero-order chi connectivity index (χ0) is 10.0. The van der Waals surface area contributed by atoms with Gasteiger partial charge in [0.15, 0.2) is 0 Å². The number of aromatic nitrogens is 2. The number of hydrogen-bond acceptors (Lipinski definition) is 3. The summed E-state index contributed by atoms with van der Waals surface area (Å²) in [4.78, 5) is 0. The van der Waals surface area contributed by atoms with Gasteiger partial charge < -0.3 is 10.4 Å². The van der Waals surface area contributed by atoms with E-state index in [1.54, 1.807) is 6.20 Å². The highest BCUT2D eigenvalue weighted by Gasteiger charge is 2.38. The maximum absolute atomic E-state index is 9.34. The molecular weight excluding hydrogens is 178 g/mol. The molecule has 0 spiro atoms. The number of aliphatic hydroxyl groups is 1. The van der Waals surface area contributed by atoms with Crippen molar-refractivity contribution in [3.8, 4) is 0 Å². The first-order valence-corrected chi connectivity index (χ1v) is 5.08. The van der Waals surface area contributed by atoms with E-state index in [-0.39, 0.29) is 12.1 Å². The smallest absolute Gasteiger partial charge is 0.0614 e. The molecular formula is C10H17N3O. The zero-order valence-corrected chi connectivity index (χ0v) is 8.48. The van der Waals surface area contributed by atoms with Crippen molar-refractivity contribution in [2.24, 2.45) is 0 Å². The molecule has 0 bridgehead atoms. The molecule has 0 aromatic carbocycles. The first-order valence-electron chi connectivity index (χ1n) is 5.08.